The van der Waals surface area contributed by atoms with Crippen molar-refractivity contribution >= 4 is 39.1 Å². The summed E-state index contributed by atoms with van der Waals surface area (Å²) in [6.07, 6.45) is 1.95. The van der Waals surface area contributed by atoms with E-state index in [-0.39, 0.29) is 31.3 Å². The van der Waals surface area contributed by atoms with Gasteiger partial charge in [-0.1, -0.05) is 30.7 Å². The lowest BCUT2D eigenvalue weighted by molar-refractivity contribution is -0.141. The van der Waals surface area contributed by atoms with Crippen molar-refractivity contribution in [1.29, 1.82) is 0 Å². The molecule has 0 aromatic heterocycles. The summed E-state index contributed by atoms with van der Waals surface area (Å²) in [4.78, 5) is 27.2. The van der Waals surface area contributed by atoms with E-state index in [9.17, 15) is 18.0 Å². The first kappa shape index (κ1) is 27.5. The third-order valence-electron chi connectivity index (χ3n) is 5.41. The van der Waals surface area contributed by atoms with Gasteiger partial charge in [-0.2, -0.15) is 0 Å². The number of benzene rings is 2. The molecule has 0 saturated heterocycles. The van der Waals surface area contributed by atoms with Gasteiger partial charge in [0.25, 0.3) is 0 Å². The summed E-state index contributed by atoms with van der Waals surface area (Å²) in [6, 6.07) is 13.1. The second-order valence-corrected chi connectivity index (χ2v) is 10.2. The van der Waals surface area contributed by atoms with Crippen LogP contribution in [-0.4, -0.2) is 58.1 Å². The molecule has 0 radical (unpaired) electrons. The van der Waals surface area contributed by atoms with E-state index in [1.54, 1.807) is 41.3 Å². The fourth-order valence-corrected chi connectivity index (χ4v) is 4.72. The third kappa shape index (κ3) is 7.63. The number of carbonyl (C=O) groups excluding carboxylic acids is 2. The van der Waals surface area contributed by atoms with Gasteiger partial charge in [-0.05, 0) is 54.8 Å². The molecule has 2 aromatic carbocycles. The zero-order valence-electron chi connectivity index (χ0n) is 20.0. The van der Waals surface area contributed by atoms with Crippen molar-refractivity contribution in [2.45, 2.75) is 38.8 Å². The summed E-state index contributed by atoms with van der Waals surface area (Å²) in [5.41, 5.74) is 1.33. The van der Waals surface area contributed by atoms with E-state index in [1.807, 2.05) is 19.1 Å². The maximum absolute atomic E-state index is 13.2. The van der Waals surface area contributed by atoms with Crippen molar-refractivity contribution in [3.05, 3.63) is 59.1 Å². The zero-order chi connectivity index (χ0) is 25.3. The molecule has 2 rings (SSSR count). The normalized spacial score (nSPS) is 12.0. The molecule has 2 amide bonds. The number of nitrogens with one attached hydrogen (secondary N) is 1. The van der Waals surface area contributed by atoms with E-state index in [2.05, 4.69) is 5.32 Å². The molecule has 0 fully saturated rings. The lowest BCUT2D eigenvalue weighted by Gasteiger charge is -2.30. The lowest BCUT2D eigenvalue weighted by Crippen LogP contribution is -2.48. The number of likely N-dealkylation sites (N-methyl/N-ethyl adjacent to an activating group) is 1. The highest BCUT2D eigenvalue weighted by Crippen LogP contribution is 2.22. The van der Waals surface area contributed by atoms with Gasteiger partial charge in [0.1, 0.15) is 11.8 Å². The summed E-state index contributed by atoms with van der Waals surface area (Å²) in [5.74, 6) is 0.138. The van der Waals surface area contributed by atoms with Crippen molar-refractivity contribution < 1.29 is 22.7 Å². The molecule has 186 valence electrons. The Bertz CT molecular complexity index is 1060. The number of anilines is 1. The van der Waals surface area contributed by atoms with Gasteiger partial charge in [-0.25, -0.2) is 8.42 Å². The third-order valence-corrected chi connectivity index (χ3v) is 6.86. The summed E-state index contributed by atoms with van der Waals surface area (Å²) < 4.78 is 31.2. The molecule has 0 spiro atoms. The Morgan fingerprint density at radius 2 is 1.71 bits per heavy atom. The first-order chi connectivity index (χ1) is 16.1. The van der Waals surface area contributed by atoms with Crippen LogP contribution in [0, 0.1) is 0 Å². The standard InChI is InChI=1S/C24H32ClN3O5S/c1-5-22(24(30)26-2)27(17-18-8-10-19(25)11-9-18)23(29)7-6-16-28(34(4,31)32)20-12-14-21(33-3)15-13-20/h8-15,22H,5-7,16-17H2,1-4H3,(H,26,30)/t22-/m0/s1. The smallest absolute Gasteiger partial charge is 0.242 e. The molecule has 1 N–H and O–H groups in total. The number of halogens is 1. The molecule has 8 nitrogen and oxygen atoms in total. The van der Waals surface area contributed by atoms with Crippen molar-refractivity contribution in [1.82, 2.24) is 10.2 Å². The van der Waals surface area contributed by atoms with Gasteiger partial charge < -0.3 is 15.0 Å². The van der Waals surface area contributed by atoms with Crippen LogP contribution in [0.4, 0.5) is 5.69 Å². The Morgan fingerprint density at radius 3 is 2.21 bits per heavy atom. The van der Waals surface area contributed by atoms with Gasteiger partial charge in [0.05, 0.1) is 19.1 Å². The molecule has 10 heteroatoms. The zero-order valence-corrected chi connectivity index (χ0v) is 21.5. The summed E-state index contributed by atoms with van der Waals surface area (Å²) >= 11 is 5.97. The summed E-state index contributed by atoms with van der Waals surface area (Å²) in [7, 11) is -0.484. The van der Waals surface area contributed by atoms with Gasteiger partial charge in [-0.3, -0.25) is 13.9 Å². The maximum atomic E-state index is 13.2. The summed E-state index contributed by atoms with van der Waals surface area (Å²) in [5, 5.41) is 3.20. The number of hydrogen-bond acceptors (Lipinski definition) is 5. The van der Waals surface area contributed by atoms with Crippen molar-refractivity contribution in [3.63, 3.8) is 0 Å². The van der Waals surface area contributed by atoms with E-state index in [0.29, 0.717) is 29.3 Å². The first-order valence-corrected chi connectivity index (χ1v) is 13.2. The van der Waals surface area contributed by atoms with Gasteiger partial charge in [0.2, 0.25) is 21.8 Å². The highest BCUT2D eigenvalue weighted by molar-refractivity contribution is 7.92. The predicted octanol–water partition coefficient (Wildman–Crippen LogP) is 3.45. The maximum Gasteiger partial charge on any atom is 0.242 e. The molecule has 0 bridgehead atoms. The van der Waals surface area contributed by atoms with Crippen molar-refractivity contribution in [2.24, 2.45) is 0 Å². The number of hydrogen-bond donors (Lipinski definition) is 1. The van der Waals surface area contributed by atoms with Crippen LogP contribution in [0.25, 0.3) is 0 Å². The summed E-state index contributed by atoms with van der Waals surface area (Å²) in [6.45, 7) is 2.22. The highest BCUT2D eigenvalue weighted by Gasteiger charge is 2.28. The number of sulfonamides is 1. The molecule has 1 atom stereocenters. The molecule has 0 aliphatic heterocycles. The van der Waals surface area contributed by atoms with E-state index in [0.717, 1.165) is 11.8 Å². The van der Waals surface area contributed by atoms with Gasteiger partial charge in [0, 0.05) is 31.6 Å². The molecule has 0 heterocycles. The largest absolute Gasteiger partial charge is 0.497 e. The number of amides is 2. The Hall–Kier alpha value is -2.78. The van der Waals surface area contributed by atoms with Gasteiger partial charge in [-0.15, -0.1) is 0 Å². The molecule has 0 aliphatic carbocycles. The minimum absolute atomic E-state index is 0.0866. The molecule has 34 heavy (non-hydrogen) atoms. The predicted molar refractivity (Wildman–Crippen MR) is 135 cm³/mol. The number of ether oxygens (including phenoxy) is 1. The number of carbonyl (C=O) groups is 2. The number of nitrogens with zero attached hydrogens (tertiary/aromatic N) is 2. The molecular weight excluding hydrogens is 478 g/mol. The quantitative estimate of drug-likeness (QED) is 0.472. The fraction of sp³-hybridized carbons (Fsp3) is 0.417. The monoisotopic (exact) mass is 509 g/mol. The second-order valence-electron chi connectivity index (χ2n) is 7.82. The van der Waals surface area contributed by atoms with Crippen LogP contribution in [0.3, 0.4) is 0 Å². The second kappa shape index (κ2) is 12.6. The molecule has 0 unspecified atom stereocenters. The van der Waals surface area contributed by atoms with Gasteiger partial charge >= 0.3 is 0 Å². The Kier molecular flexibility index (Phi) is 10.2. The van der Waals surface area contributed by atoms with E-state index < -0.39 is 16.1 Å². The van der Waals surface area contributed by atoms with Crippen LogP contribution in [0.5, 0.6) is 5.75 Å². The first-order valence-electron chi connectivity index (χ1n) is 11.0. The Labute approximate surface area is 206 Å². The van der Waals surface area contributed by atoms with Crippen LogP contribution < -0.4 is 14.4 Å². The van der Waals surface area contributed by atoms with Crippen LogP contribution in [0.2, 0.25) is 5.02 Å². The SMILES string of the molecule is CC[C@@H](C(=O)NC)N(Cc1ccc(Cl)cc1)C(=O)CCCN(c1ccc(OC)cc1)S(C)(=O)=O. The molecule has 0 aliphatic rings. The molecule has 0 saturated carbocycles. The minimum Gasteiger partial charge on any atom is -0.497 e. The number of rotatable bonds is 12. The van der Waals surface area contributed by atoms with Crippen molar-refractivity contribution in [3.8, 4) is 5.75 Å². The van der Waals surface area contributed by atoms with Crippen molar-refractivity contribution in [2.75, 3.05) is 31.3 Å². The fourth-order valence-electron chi connectivity index (χ4n) is 3.63. The van der Waals surface area contributed by atoms with Crippen LogP contribution in [0.15, 0.2) is 48.5 Å². The molecular formula is C24H32ClN3O5S. The Morgan fingerprint density at radius 1 is 1.09 bits per heavy atom. The van der Waals surface area contributed by atoms with Crippen LogP contribution in [0.1, 0.15) is 31.7 Å². The highest BCUT2D eigenvalue weighted by atomic mass is 35.5. The average molecular weight is 510 g/mol. The lowest BCUT2D eigenvalue weighted by atomic mass is 10.1. The van der Waals surface area contributed by atoms with E-state index in [4.69, 9.17) is 16.3 Å². The van der Waals surface area contributed by atoms with Crippen LogP contribution >= 0.6 is 11.6 Å². The van der Waals surface area contributed by atoms with E-state index >= 15 is 0 Å². The Balaban J connectivity index is 2.17. The number of methoxy groups -OCH3 is 1. The van der Waals surface area contributed by atoms with Crippen LogP contribution in [-0.2, 0) is 26.2 Å². The minimum atomic E-state index is -3.56. The molecule has 2 aromatic rings. The van der Waals surface area contributed by atoms with Gasteiger partial charge in [0.15, 0.2) is 0 Å². The average Bonchev–Trinajstić information content (AvgIpc) is 2.82. The topological polar surface area (TPSA) is 96.0 Å². The van der Waals surface area contributed by atoms with E-state index in [1.165, 1.54) is 18.5 Å².